The average Bonchev–Trinajstić information content (AvgIpc) is 2.61. The second-order valence-electron chi connectivity index (χ2n) is 7.24. The van der Waals surface area contributed by atoms with Gasteiger partial charge < -0.3 is 25.8 Å². The molecule has 0 spiro atoms. The van der Waals surface area contributed by atoms with E-state index in [2.05, 4.69) is 10.6 Å². The molecular weight excluding hydrogens is 370 g/mol. The van der Waals surface area contributed by atoms with Gasteiger partial charge in [0.25, 0.3) is 5.91 Å². The van der Waals surface area contributed by atoms with Crippen LogP contribution in [0.25, 0.3) is 0 Å². The molecule has 1 aromatic carbocycles. The van der Waals surface area contributed by atoms with Crippen LogP contribution in [0, 0.1) is 5.41 Å². The van der Waals surface area contributed by atoms with Gasteiger partial charge in [-0.3, -0.25) is 9.59 Å². The number of nitrogens with two attached hydrogens (primary N) is 1. The zero-order chi connectivity index (χ0) is 20.2. The number of anilines is 1. The monoisotopic (exact) mass is 397 g/mol. The Morgan fingerprint density at radius 3 is 2.63 bits per heavy atom. The van der Waals surface area contributed by atoms with Gasteiger partial charge in [0, 0.05) is 37.8 Å². The third-order valence-corrected chi connectivity index (χ3v) is 5.61. The van der Waals surface area contributed by atoms with Gasteiger partial charge in [-0.15, -0.1) is 0 Å². The summed E-state index contributed by atoms with van der Waals surface area (Å²) in [5.41, 5.74) is 5.67. The highest BCUT2D eigenvalue weighted by Crippen LogP contribution is 2.50. The average molecular weight is 398 g/mol. The lowest BCUT2D eigenvalue weighted by atomic mass is 9.54. The molecule has 1 fully saturated rings. The molecule has 2 amide bonds. The number of carbonyl (C=O) groups excluding carboxylic acids is 2. The van der Waals surface area contributed by atoms with E-state index in [9.17, 15) is 9.59 Å². The lowest BCUT2D eigenvalue weighted by molar-refractivity contribution is -0.166. The molecule has 7 nitrogen and oxygen atoms in total. The van der Waals surface area contributed by atoms with Crippen molar-refractivity contribution in [3.63, 3.8) is 0 Å². The first-order valence-corrected chi connectivity index (χ1v) is 9.33. The quantitative estimate of drug-likeness (QED) is 0.583. The molecule has 0 saturated heterocycles. The van der Waals surface area contributed by atoms with Gasteiger partial charge in [0.15, 0.2) is 0 Å². The highest BCUT2D eigenvalue weighted by molar-refractivity contribution is 6.34. The Hall–Kier alpha value is -1.67. The van der Waals surface area contributed by atoms with Crippen molar-refractivity contribution < 1.29 is 19.1 Å². The third kappa shape index (κ3) is 4.27. The van der Waals surface area contributed by atoms with E-state index >= 15 is 0 Å². The molecule has 0 aromatic heterocycles. The zero-order valence-corrected chi connectivity index (χ0v) is 17.0. The fourth-order valence-electron chi connectivity index (χ4n) is 3.20. The number of carbonyl (C=O) groups is 2. The minimum Gasteiger partial charge on any atom is -0.383 e. The number of nitrogens with one attached hydrogen (secondary N) is 2. The summed E-state index contributed by atoms with van der Waals surface area (Å²) < 4.78 is 10.5. The van der Waals surface area contributed by atoms with Gasteiger partial charge in [-0.05, 0) is 25.1 Å². The van der Waals surface area contributed by atoms with Crippen LogP contribution in [0.5, 0.6) is 0 Å². The minimum absolute atomic E-state index is 0.0555. The van der Waals surface area contributed by atoms with Crippen LogP contribution in [0.3, 0.4) is 0 Å². The summed E-state index contributed by atoms with van der Waals surface area (Å²) in [4.78, 5) is 24.9. The second kappa shape index (κ2) is 8.56. The Morgan fingerprint density at radius 2 is 2.07 bits per heavy atom. The molecule has 0 heterocycles. The highest BCUT2D eigenvalue weighted by atomic mass is 35.5. The van der Waals surface area contributed by atoms with Crippen molar-refractivity contribution >= 4 is 29.1 Å². The van der Waals surface area contributed by atoms with Crippen LogP contribution in [0.4, 0.5) is 5.69 Å². The van der Waals surface area contributed by atoms with E-state index in [0.29, 0.717) is 37.4 Å². The maximum absolute atomic E-state index is 12.8. The fourth-order valence-corrected chi connectivity index (χ4v) is 3.47. The Bertz CT molecular complexity index is 710. The number of ether oxygens (including phenoxy) is 2. The summed E-state index contributed by atoms with van der Waals surface area (Å²) in [5, 5.41) is 5.75. The van der Waals surface area contributed by atoms with Crippen LogP contribution in [0.1, 0.15) is 37.6 Å². The SMILES string of the molecule is CCOC1CC(N)(C(=O)Nc2ccc(C(=O)NCCOC)c(Cl)c2)C1(C)C. The summed E-state index contributed by atoms with van der Waals surface area (Å²) in [7, 11) is 1.56. The van der Waals surface area contributed by atoms with E-state index < -0.39 is 11.0 Å². The molecule has 0 radical (unpaired) electrons. The summed E-state index contributed by atoms with van der Waals surface area (Å²) >= 11 is 6.21. The third-order valence-electron chi connectivity index (χ3n) is 5.30. The van der Waals surface area contributed by atoms with Crippen LogP contribution < -0.4 is 16.4 Å². The molecule has 150 valence electrons. The van der Waals surface area contributed by atoms with Gasteiger partial charge in [0.05, 0.1) is 23.3 Å². The van der Waals surface area contributed by atoms with E-state index in [0.717, 1.165) is 0 Å². The minimum atomic E-state index is -1.03. The summed E-state index contributed by atoms with van der Waals surface area (Å²) in [6, 6.07) is 4.74. The Balaban J connectivity index is 2.05. The van der Waals surface area contributed by atoms with Gasteiger partial charge in [-0.25, -0.2) is 0 Å². The maximum atomic E-state index is 12.8. The summed E-state index contributed by atoms with van der Waals surface area (Å²) in [6.07, 6.45) is 0.396. The van der Waals surface area contributed by atoms with Gasteiger partial charge in [0.2, 0.25) is 5.91 Å². The van der Waals surface area contributed by atoms with E-state index in [-0.39, 0.29) is 22.9 Å². The predicted molar refractivity (Wildman–Crippen MR) is 105 cm³/mol. The molecule has 1 saturated carbocycles. The number of benzene rings is 1. The highest BCUT2D eigenvalue weighted by Gasteiger charge is 2.62. The van der Waals surface area contributed by atoms with Crippen molar-refractivity contribution in [3.8, 4) is 0 Å². The largest absolute Gasteiger partial charge is 0.383 e. The molecule has 27 heavy (non-hydrogen) atoms. The number of hydrogen-bond acceptors (Lipinski definition) is 5. The van der Waals surface area contributed by atoms with Crippen molar-refractivity contribution in [3.05, 3.63) is 28.8 Å². The molecule has 0 bridgehead atoms. The zero-order valence-electron chi connectivity index (χ0n) is 16.2. The van der Waals surface area contributed by atoms with Gasteiger partial charge in [0.1, 0.15) is 5.54 Å². The van der Waals surface area contributed by atoms with Gasteiger partial charge in [-0.1, -0.05) is 25.4 Å². The number of hydrogen-bond donors (Lipinski definition) is 3. The lowest BCUT2D eigenvalue weighted by Crippen LogP contribution is -2.74. The summed E-state index contributed by atoms with van der Waals surface area (Å²) in [5.74, 6) is -0.596. The number of halogens is 1. The van der Waals surface area contributed by atoms with E-state index in [1.165, 1.54) is 0 Å². The Labute approximate surface area is 164 Å². The second-order valence-corrected chi connectivity index (χ2v) is 7.65. The first-order chi connectivity index (χ1) is 12.7. The fraction of sp³-hybridized carbons (Fsp3) is 0.579. The van der Waals surface area contributed by atoms with Crippen molar-refractivity contribution in [2.45, 2.75) is 38.8 Å². The smallest absolute Gasteiger partial charge is 0.252 e. The van der Waals surface area contributed by atoms with E-state index in [1.54, 1.807) is 25.3 Å². The molecule has 1 aromatic rings. The van der Waals surface area contributed by atoms with Gasteiger partial charge >= 0.3 is 0 Å². The lowest BCUT2D eigenvalue weighted by Gasteiger charge is -2.57. The number of methoxy groups -OCH3 is 1. The van der Waals surface area contributed by atoms with Crippen LogP contribution in [-0.2, 0) is 14.3 Å². The van der Waals surface area contributed by atoms with Crippen LogP contribution >= 0.6 is 11.6 Å². The Kier molecular flexibility index (Phi) is 6.86. The van der Waals surface area contributed by atoms with E-state index in [4.69, 9.17) is 26.8 Å². The molecule has 8 heteroatoms. The molecule has 1 aliphatic carbocycles. The first-order valence-electron chi connectivity index (χ1n) is 8.96. The summed E-state index contributed by atoms with van der Waals surface area (Å²) in [6.45, 7) is 7.15. The topological polar surface area (TPSA) is 103 Å². The molecule has 1 aliphatic rings. The van der Waals surface area contributed by atoms with Crippen LogP contribution in [-0.4, -0.2) is 50.3 Å². The van der Waals surface area contributed by atoms with Gasteiger partial charge in [-0.2, -0.15) is 0 Å². The van der Waals surface area contributed by atoms with Crippen molar-refractivity contribution in [2.24, 2.45) is 11.1 Å². The molecule has 2 rings (SSSR count). The standard InChI is InChI=1S/C19H28ClN3O4/c1-5-27-15-11-19(21,18(15,2)3)17(25)23-12-6-7-13(14(20)10-12)16(24)22-8-9-26-4/h6-7,10,15H,5,8-9,11,21H2,1-4H3,(H,22,24)(H,23,25). The predicted octanol–water partition coefficient (Wildman–Crippen LogP) is 2.19. The molecule has 0 aliphatic heterocycles. The van der Waals surface area contributed by atoms with E-state index in [1.807, 2.05) is 20.8 Å². The maximum Gasteiger partial charge on any atom is 0.252 e. The van der Waals surface area contributed by atoms with Crippen molar-refractivity contribution in [1.82, 2.24) is 5.32 Å². The normalized spacial score (nSPS) is 23.4. The molecular formula is C19H28ClN3O4. The van der Waals surface area contributed by atoms with Crippen LogP contribution in [0.2, 0.25) is 5.02 Å². The Morgan fingerprint density at radius 1 is 1.37 bits per heavy atom. The van der Waals surface area contributed by atoms with Crippen molar-refractivity contribution in [1.29, 1.82) is 0 Å². The number of rotatable bonds is 8. The first kappa shape index (κ1) is 21.6. The van der Waals surface area contributed by atoms with Crippen LogP contribution in [0.15, 0.2) is 18.2 Å². The van der Waals surface area contributed by atoms with Crippen molar-refractivity contribution in [2.75, 3.05) is 32.2 Å². The molecule has 2 unspecified atom stereocenters. The molecule has 2 atom stereocenters. The number of amides is 2. The molecule has 4 N–H and O–H groups in total.